The number of hydrogen-bond acceptors (Lipinski definition) is 3. The number of amides is 1. The van der Waals surface area contributed by atoms with E-state index in [0.29, 0.717) is 34.7 Å². The maximum absolute atomic E-state index is 12.7. The maximum atomic E-state index is 12.7. The summed E-state index contributed by atoms with van der Waals surface area (Å²) in [4.78, 5) is 12.5. The summed E-state index contributed by atoms with van der Waals surface area (Å²) in [6, 6.07) is 12.9. The Hall–Kier alpha value is -2.05. The van der Waals surface area contributed by atoms with Gasteiger partial charge in [0.15, 0.2) is 0 Å². The minimum absolute atomic E-state index is 0.0499. The maximum Gasteiger partial charge on any atom is 0.262 e. The van der Waals surface area contributed by atoms with Crippen molar-refractivity contribution in [3.8, 4) is 0 Å². The molecule has 28 heavy (non-hydrogen) atoms. The van der Waals surface area contributed by atoms with Crippen LogP contribution in [0.4, 0.5) is 11.4 Å². The Bertz CT molecular complexity index is 993. The molecule has 0 spiro atoms. The van der Waals surface area contributed by atoms with Crippen molar-refractivity contribution in [3.63, 3.8) is 0 Å². The van der Waals surface area contributed by atoms with Gasteiger partial charge < -0.3 is 5.32 Å². The molecule has 2 fully saturated rings. The predicted molar refractivity (Wildman–Crippen MR) is 111 cm³/mol. The fourth-order valence-corrected chi connectivity index (χ4v) is 5.93. The Morgan fingerprint density at radius 3 is 2.61 bits per heavy atom. The molecule has 2 N–H and O–H groups in total. The van der Waals surface area contributed by atoms with Gasteiger partial charge in [0, 0.05) is 12.1 Å². The third-order valence-electron chi connectivity index (χ3n) is 5.88. The zero-order valence-corrected chi connectivity index (χ0v) is 17.0. The monoisotopic (exact) mass is 418 g/mol. The van der Waals surface area contributed by atoms with Crippen molar-refractivity contribution >= 4 is 38.9 Å². The molecule has 3 atom stereocenters. The highest BCUT2D eigenvalue weighted by Gasteiger charge is 2.40. The molecule has 7 heteroatoms. The van der Waals surface area contributed by atoms with Crippen molar-refractivity contribution < 1.29 is 13.2 Å². The number of halogens is 1. The van der Waals surface area contributed by atoms with E-state index in [4.69, 9.17) is 11.6 Å². The van der Waals surface area contributed by atoms with E-state index in [0.717, 1.165) is 12.3 Å². The molecule has 2 aromatic carbocycles. The van der Waals surface area contributed by atoms with Gasteiger partial charge in [-0.15, -0.1) is 0 Å². The van der Waals surface area contributed by atoms with E-state index in [1.165, 1.54) is 31.4 Å². The lowest BCUT2D eigenvalue weighted by Gasteiger charge is -2.21. The molecule has 2 aliphatic carbocycles. The minimum Gasteiger partial charge on any atom is -0.326 e. The van der Waals surface area contributed by atoms with E-state index in [-0.39, 0.29) is 10.8 Å². The number of sulfonamides is 1. The standard InChI is InChI=1S/C21H23ClN2O3S/c22-19-6-1-2-7-20(19)24-28(26,27)18-5-3-4-17(13-18)23-21(25)12-16-11-14-8-9-15(16)10-14/h1-7,13-16,24H,8-12H2,(H,23,25)/t14-,15-,16+/m1/s1. The van der Waals surface area contributed by atoms with Crippen molar-refractivity contribution in [2.24, 2.45) is 17.8 Å². The number of hydrogen-bond donors (Lipinski definition) is 2. The summed E-state index contributed by atoms with van der Waals surface area (Å²) < 4.78 is 27.8. The van der Waals surface area contributed by atoms with E-state index >= 15 is 0 Å². The molecule has 5 nitrogen and oxygen atoms in total. The molecule has 4 rings (SSSR count). The number of fused-ring (bicyclic) bond motifs is 2. The fraction of sp³-hybridized carbons (Fsp3) is 0.381. The number of anilines is 2. The number of nitrogens with one attached hydrogen (secondary N) is 2. The van der Waals surface area contributed by atoms with E-state index in [1.54, 1.807) is 36.4 Å². The van der Waals surface area contributed by atoms with Crippen LogP contribution in [0.3, 0.4) is 0 Å². The zero-order valence-electron chi connectivity index (χ0n) is 15.4. The van der Waals surface area contributed by atoms with E-state index in [1.807, 2.05) is 0 Å². The Morgan fingerprint density at radius 1 is 1.07 bits per heavy atom. The molecule has 1 amide bonds. The Labute approximate surface area is 170 Å². The summed E-state index contributed by atoms with van der Waals surface area (Å²) in [5.41, 5.74) is 0.796. The third kappa shape index (κ3) is 4.18. The summed E-state index contributed by atoms with van der Waals surface area (Å²) in [5.74, 6) is 1.90. The van der Waals surface area contributed by atoms with Crippen molar-refractivity contribution in [3.05, 3.63) is 53.6 Å². The van der Waals surface area contributed by atoms with Crippen LogP contribution in [0.25, 0.3) is 0 Å². The Morgan fingerprint density at radius 2 is 1.89 bits per heavy atom. The highest BCUT2D eigenvalue weighted by molar-refractivity contribution is 7.92. The first-order valence-electron chi connectivity index (χ1n) is 9.58. The number of carbonyl (C=O) groups excluding carboxylic acids is 1. The molecule has 2 bridgehead atoms. The fourth-order valence-electron chi connectivity index (χ4n) is 4.57. The number of rotatable bonds is 6. The van der Waals surface area contributed by atoms with Crippen molar-refractivity contribution in [2.45, 2.75) is 37.0 Å². The van der Waals surface area contributed by atoms with Crippen LogP contribution in [0.1, 0.15) is 32.1 Å². The van der Waals surface area contributed by atoms with Crippen molar-refractivity contribution in [1.29, 1.82) is 0 Å². The second-order valence-corrected chi connectivity index (χ2v) is 9.89. The average molecular weight is 419 g/mol. The van der Waals surface area contributed by atoms with Gasteiger partial charge in [-0.2, -0.15) is 0 Å². The lowest BCUT2D eigenvalue weighted by Crippen LogP contribution is -2.20. The van der Waals surface area contributed by atoms with Gasteiger partial charge in [-0.05, 0) is 67.3 Å². The van der Waals surface area contributed by atoms with E-state index in [9.17, 15) is 13.2 Å². The topological polar surface area (TPSA) is 75.3 Å². The highest BCUT2D eigenvalue weighted by atomic mass is 35.5. The van der Waals surface area contributed by atoms with Crippen LogP contribution in [-0.2, 0) is 14.8 Å². The van der Waals surface area contributed by atoms with Crippen LogP contribution >= 0.6 is 11.6 Å². The SMILES string of the molecule is O=C(C[C@@H]1C[C@@H]2CC[C@@H]1C2)Nc1cccc(S(=O)(=O)Nc2ccccc2Cl)c1. The van der Waals surface area contributed by atoms with Gasteiger partial charge in [-0.1, -0.05) is 36.2 Å². The lowest BCUT2D eigenvalue weighted by molar-refractivity contribution is -0.117. The largest absolute Gasteiger partial charge is 0.326 e. The van der Waals surface area contributed by atoms with Crippen LogP contribution in [0.5, 0.6) is 0 Å². The van der Waals surface area contributed by atoms with Crippen LogP contribution in [0.2, 0.25) is 5.02 Å². The normalized spacial score (nSPS) is 23.5. The molecule has 2 saturated carbocycles. The second-order valence-electron chi connectivity index (χ2n) is 7.80. The summed E-state index contributed by atoms with van der Waals surface area (Å²) in [6.07, 6.45) is 5.47. The minimum atomic E-state index is -3.81. The first-order chi connectivity index (χ1) is 13.4. The molecule has 2 aliphatic rings. The van der Waals surface area contributed by atoms with Gasteiger partial charge in [0.2, 0.25) is 5.91 Å². The summed E-state index contributed by atoms with van der Waals surface area (Å²) in [7, 11) is -3.81. The van der Waals surface area contributed by atoms with Crippen LogP contribution in [0, 0.1) is 17.8 Å². The smallest absolute Gasteiger partial charge is 0.262 e. The van der Waals surface area contributed by atoms with Gasteiger partial charge in [-0.25, -0.2) is 8.42 Å². The number of para-hydroxylation sites is 1. The van der Waals surface area contributed by atoms with E-state index in [2.05, 4.69) is 10.0 Å². The Kier molecular flexibility index (Phi) is 5.34. The van der Waals surface area contributed by atoms with Gasteiger partial charge in [0.25, 0.3) is 10.0 Å². The van der Waals surface area contributed by atoms with Crippen molar-refractivity contribution in [2.75, 3.05) is 10.0 Å². The lowest BCUT2D eigenvalue weighted by atomic mass is 9.86. The second kappa shape index (κ2) is 7.76. The predicted octanol–water partition coefficient (Wildman–Crippen LogP) is 4.91. The quantitative estimate of drug-likeness (QED) is 0.700. The van der Waals surface area contributed by atoms with Gasteiger partial charge in [-0.3, -0.25) is 9.52 Å². The molecule has 0 radical (unpaired) electrons. The van der Waals surface area contributed by atoms with Crippen molar-refractivity contribution in [1.82, 2.24) is 0 Å². The molecule has 0 aliphatic heterocycles. The average Bonchev–Trinajstić information content (AvgIpc) is 3.27. The molecular weight excluding hydrogens is 396 g/mol. The molecular formula is C21H23ClN2O3S. The Balaban J connectivity index is 1.43. The van der Waals surface area contributed by atoms with E-state index < -0.39 is 10.0 Å². The molecule has 0 unspecified atom stereocenters. The summed E-state index contributed by atoms with van der Waals surface area (Å²) >= 11 is 6.04. The molecule has 0 heterocycles. The third-order valence-corrected chi connectivity index (χ3v) is 7.57. The molecule has 2 aromatic rings. The van der Waals surface area contributed by atoms with Crippen LogP contribution < -0.4 is 10.0 Å². The number of carbonyl (C=O) groups is 1. The molecule has 148 valence electrons. The number of benzene rings is 2. The van der Waals surface area contributed by atoms with Gasteiger partial charge in [0.05, 0.1) is 15.6 Å². The molecule has 0 saturated heterocycles. The first kappa shape index (κ1) is 19.3. The van der Waals surface area contributed by atoms with Crippen LogP contribution in [-0.4, -0.2) is 14.3 Å². The summed E-state index contributed by atoms with van der Waals surface area (Å²) in [5, 5.41) is 3.18. The van der Waals surface area contributed by atoms with Gasteiger partial charge in [0.1, 0.15) is 0 Å². The van der Waals surface area contributed by atoms with Crippen LogP contribution in [0.15, 0.2) is 53.4 Å². The van der Waals surface area contributed by atoms with Gasteiger partial charge >= 0.3 is 0 Å². The molecule has 0 aromatic heterocycles. The zero-order chi connectivity index (χ0) is 19.7. The summed E-state index contributed by atoms with van der Waals surface area (Å²) in [6.45, 7) is 0. The highest BCUT2D eigenvalue weighted by Crippen LogP contribution is 2.49. The first-order valence-corrected chi connectivity index (χ1v) is 11.4.